The zero-order valence-corrected chi connectivity index (χ0v) is 19.4. The number of hydrogen-bond donors (Lipinski definition) is 1. The second-order valence-electron chi connectivity index (χ2n) is 10.0. The summed E-state index contributed by atoms with van der Waals surface area (Å²) in [4.78, 5) is 35.1. The van der Waals surface area contributed by atoms with Gasteiger partial charge in [0.05, 0.1) is 23.2 Å². The molecule has 6 nitrogen and oxygen atoms in total. The fourth-order valence-electron chi connectivity index (χ4n) is 4.55. The molecule has 170 valence electrons. The number of ether oxygens (including phenoxy) is 1. The lowest BCUT2D eigenvalue weighted by Gasteiger charge is -2.30. The van der Waals surface area contributed by atoms with Crippen molar-refractivity contribution in [3.8, 4) is 11.1 Å². The molecule has 33 heavy (non-hydrogen) atoms. The Morgan fingerprint density at radius 1 is 1.06 bits per heavy atom. The molecule has 0 bridgehead atoms. The van der Waals surface area contributed by atoms with Crippen LogP contribution in [-0.4, -0.2) is 33.1 Å². The van der Waals surface area contributed by atoms with Gasteiger partial charge in [-0.25, -0.2) is 9.78 Å². The molecule has 1 amide bonds. The number of aromatic amines is 1. The van der Waals surface area contributed by atoms with Crippen LogP contribution < -0.4 is 5.56 Å². The zero-order valence-electron chi connectivity index (χ0n) is 19.4. The van der Waals surface area contributed by atoms with Gasteiger partial charge in [0.1, 0.15) is 11.4 Å². The molecule has 5 rings (SSSR count). The van der Waals surface area contributed by atoms with Crippen LogP contribution >= 0.6 is 0 Å². The van der Waals surface area contributed by atoms with Gasteiger partial charge < -0.3 is 14.6 Å². The summed E-state index contributed by atoms with van der Waals surface area (Å²) in [6, 6.07) is 18.8. The lowest BCUT2D eigenvalue weighted by molar-refractivity contribution is 0.0221. The van der Waals surface area contributed by atoms with Gasteiger partial charge in [0.15, 0.2) is 0 Å². The Morgan fingerprint density at radius 3 is 2.48 bits per heavy atom. The molecule has 3 aromatic rings. The fourth-order valence-corrected chi connectivity index (χ4v) is 4.55. The van der Waals surface area contributed by atoms with Gasteiger partial charge in [0.25, 0.3) is 5.56 Å². The van der Waals surface area contributed by atoms with Gasteiger partial charge in [0.2, 0.25) is 0 Å². The maximum Gasteiger partial charge on any atom is 0.410 e. The molecule has 2 heterocycles. The lowest BCUT2D eigenvalue weighted by Crippen LogP contribution is -2.42. The van der Waals surface area contributed by atoms with Gasteiger partial charge in [0, 0.05) is 13.0 Å². The topological polar surface area (TPSA) is 75.3 Å². The SMILES string of the molecule is CC(C)(C)OC(=O)N1CCc2nc(C3(c4cccc(-c5ccccc5)c4)CC3)[nH]c(=O)c2C1. The Hall–Kier alpha value is -3.41. The van der Waals surface area contributed by atoms with Crippen molar-refractivity contribution in [2.75, 3.05) is 6.54 Å². The molecule has 1 fully saturated rings. The molecular weight excluding hydrogens is 414 g/mol. The highest BCUT2D eigenvalue weighted by Gasteiger charge is 2.49. The maximum absolute atomic E-state index is 13.1. The summed E-state index contributed by atoms with van der Waals surface area (Å²) >= 11 is 0. The minimum atomic E-state index is -0.571. The Labute approximate surface area is 193 Å². The highest BCUT2D eigenvalue weighted by Crippen LogP contribution is 2.52. The first-order chi connectivity index (χ1) is 15.7. The van der Waals surface area contributed by atoms with Crippen molar-refractivity contribution in [2.24, 2.45) is 0 Å². The molecule has 1 aliphatic heterocycles. The van der Waals surface area contributed by atoms with Crippen LogP contribution in [0.25, 0.3) is 11.1 Å². The third-order valence-corrected chi connectivity index (χ3v) is 6.45. The smallest absolute Gasteiger partial charge is 0.410 e. The predicted molar refractivity (Wildman–Crippen MR) is 127 cm³/mol. The number of hydrogen-bond acceptors (Lipinski definition) is 4. The number of rotatable bonds is 3. The number of fused-ring (bicyclic) bond motifs is 1. The van der Waals surface area contributed by atoms with E-state index in [0.29, 0.717) is 18.5 Å². The first-order valence-corrected chi connectivity index (χ1v) is 11.5. The second kappa shape index (κ2) is 7.87. The molecule has 0 unspecified atom stereocenters. The van der Waals surface area contributed by atoms with Crippen LogP contribution in [0.2, 0.25) is 0 Å². The van der Waals surface area contributed by atoms with Crippen molar-refractivity contribution in [1.29, 1.82) is 0 Å². The van der Waals surface area contributed by atoms with Gasteiger partial charge >= 0.3 is 6.09 Å². The summed E-state index contributed by atoms with van der Waals surface area (Å²) in [7, 11) is 0. The Bertz CT molecular complexity index is 1250. The zero-order chi connectivity index (χ0) is 23.2. The molecule has 1 aromatic heterocycles. The monoisotopic (exact) mass is 443 g/mol. The molecule has 0 saturated heterocycles. The molecule has 1 aliphatic carbocycles. The normalized spacial score (nSPS) is 16.8. The van der Waals surface area contributed by atoms with E-state index in [1.165, 1.54) is 11.1 Å². The average molecular weight is 444 g/mol. The molecule has 1 saturated carbocycles. The molecule has 0 radical (unpaired) electrons. The molecule has 1 N–H and O–H groups in total. The van der Waals surface area contributed by atoms with E-state index < -0.39 is 11.7 Å². The van der Waals surface area contributed by atoms with Crippen LogP contribution in [0.15, 0.2) is 59.4 Å². The van der Waals surface area contributed by atoms with Crippen LogP contribution in [0.5, 0.6) is 0 Å². The fraction of sp³-hybridized carbons (Fsp3) is 0.370. The molecule has 0 atom stereocenters. The van der Waals surface area contributed by atoms with Crippen molar-refractivity contribution in [1.82, 2.24) is 14.9 Å². The van der Waals surface area contributed by atoms with Crippen molar-refractivity contribution in [2.45, 2.75) is 57.6 Å². The quantitative estimate of drug-likeness (QED) is 0.630. The molecule has 2 aromatic carbocycles. The summed E-state index contributed by atoms with van der Waals surface area (Å²) in [5.41, 5.74) is 3.88. The second-order valence-corrected chi connectivity index (χ2v) is 10.0. The van der Waals surface area contributed by atoms with Gasteiger partial charge in [-0.15, -0.1) is 0 Å². The van der Waals surface area contributed by atoms with Crippen molar-refractivity contribution < 1.29 is 9.53 Å². The highest BCUT2D eigenvalue weighted by atomic mass is 16.6. The minimum absolute atomic E-state index is 0.159. The van der Waals surface area contributed by atoms with Crippen LogP contribution in [0.3, 0.4) is 0 Å². The van der Waals surface area contributed by atoms with E-state index >= 15 is 0 Å². The van der Waals surface area contributed by atoms with Crippen LogP contribution in [0.4, 0.5) is 4.79 Å². The van der Waals surface area contributed by atoms with Crippen molar-refractivity contribution in [3.05, 3.63) is 87.6 Å². The molecule has 0 spiro atoms. The third kappa shape index (κ3) is 4.17. The van der Waals surface area contributed by atoms with E-state index in [1.54, 1.807) is 4.90 Å². The van der Waals surface area contributed by atoms with E-state index in [2.05, 4.69) is 41.4 Å². The van der Waals surface area contributed by atoms with Crippen LogP contribution in [0, 0.1) is 0 Å². The summed E-state index contributed by atoms with van der Waals surface area (Å²) in [5, 5.41) is 0. The minimum Gasteiger partial charge on any atom is -0.444 e. The summed E-state index contributed by atoms with van der Waals surface area (Å²) in [5.74, 6) is 0.738. The van der Waals surface area contributed by atoms with Crippen molar-refractivity contribution >= 4 is 6.09 Å². The Kier molecular flexibility index (Phi) is 5.11. The number of nitrogens with zero attached hydrogens (tertiary/aromatic N) is 2. The van der Waals surface area contributed by atoms with E-state index in [9.17, 15) is 9.59 Å². The van der Waals surface area contributed by atoms with E-state index in [1.807, 2.05) is 39.0 Å². The average Bonchev–Trinajstić information content (AvgIpc) is 3.61. The number of carbonyl (C=O) groups is 1. The van der Waals surface area contributed by atoms with Gasteiger partial charge in [-0.05, 0) is 50.3 Å². The van der Waals surface area contributed by atoms with E-state index in [4.69, 9.17) is 9.72 Å². The van der Waals surface area contributed by atoms with E-state index in [-0.39, 0.29) is 17.5 Å². The summed E-state index contributed by atoms with van der Waals surface area (Å²) in [6.07, 6.45) is 2.06. The first kappa shape index (κ1) is 21.4. The number of carbonyl (C=O) groups excluding carboxylic acids is 1. The summed E-state index contributed by atoms with van der Waals surface area (Å²) < 4.78 is 5.48. The third-order valence-electron chi connectivity index (χ3n) is 6.45. The summed E-state index contributed by atoms with van der Waals surface area (Å²) in [6.45, 7) is 6.24. The van der Waals surface area contributed by atoms with E-state index in [0.717, 1.165) is 29.9 Å². The van der Waals surface area contributed by atoms with Gasteiger partial charge in [-0.1, -0.05) is 54.6 Å². The first-order valence-electron chi connectivity index (χ1n) is 11.5. The number of aromatic nitrogens is 2. The molecular formula is C27H29N3O3. The number of nitrogens with one attached hydrogen (secondary N) is 1. The van der Waals surface area contributed by atoms with Gasteiger partial charge in [-0.2, -0.15) is 0 Å². The highest BCUT2D eigenvalue weighted by molar-refractivity contribution is 5.68. The molecule has 6 heteroatoms. The molecule has 2 aliphatic rings. The van der Waals surface area contributed by atoms with Crippen molar-refractivity contribution in [3.63, 3.8) is 0 Å². The number of H-pyrrole nitrogens is 1. The van der Waals surface area contributed by atoms with Gasteiger partial charge in [-0.3, -0.25) is 4.79 Å². The van der Waals surface area contributed by atoms with Crippen LogP contribution in [-0.2, 0) is 23.1 Å². The largest absolute Gasteiger partial charge is 0.444 e. The van der Waals surface area contributed by atoms with Crippen LogP contribution in [0.1, 0.15) is 56.3 Å². The maximum atomic E-state index is 13.1. The Balaban J connectivity index is 1.44. The number of benzene rings is 2. The number of amides is 1. The predicted octanol–water partition coefficient (Wildman–Crippen LogP) is 4.81. The lowest BCUT2D eigenvalue weighted by atomic mass is 9.91. The Morgan fingerprint density at radius 2 is 1.79 bits per heavy atom. The standard InChI is InChI=1S/C27H29N3O3/c1-26(2,3)33-25(32)30-15-12-22-21(17-30)23(31)29-24(28-22)27(13-14-27)20-11-7-10-19(16-20)18-8-5-4-6-9-18/h4-11,16H,12-15,17H2,1-3H3,(H,28,29,31).